The zero-order chi connectivity index (χ0) is 25.3. The molecule has 196 valence electrons. The molecular formula is C33H52O2. The number of unbranched alkanes of at least 4 members (excludes halogenated alkanes) is 15. The maximum Gasteiger partial charge on any atom is 0.122 e. The molecule has 0 fully saturated rings. The molecule has 0 aliphatic heterocycles. The molecule has 0 aliphatic carbocycles. The fraction of sp³-hybridized carbons (Fsp3) is 0.636. The van der Waals surface area contributed by atoms with E-state index in [-0.39, 0.29) is 5.92 Å². The van der Waals surface area contributed by atoms with E-state index in [1.165, 1.54) is 102 Å². The fourth-order valence-electron chi connectivity index (χ4n) is 5.26. The second-order valence-corrected chi connectivity index (χ2v) is 10.7. The van der Waals surface area contributed by atoms with Gasteiger partial charge >= 0.3 is 0 Å². The van der Waals surface area contributed by atoms with Gasteiger partial charge in [0.25, 0.3) is 0 Å². The van der Waals surface area contributed by atoms with Crippen molar-refractivity contribution < 1.29 is 10.2 Å². The van der Waals surface area contributed by atoms with Crippen LogP contribution in [0.25, 0.3) is 0 Å². The summed E-state index contributed by atoms with van der Waals surface area (Å²) in [5, 5.41) is 20.7. The van der Waals surface area contributed by atoms with Gasteiger partial charge in [0.05, 0.1) is 0 Å². The highest BCUT2D eigenvalue weighted by molar-refractivity contribution is 5.47. The van der Waals surface area contributed by atoms with E-state index in [2.05, 4.69) is 19.1 Å². The summed E-state index contributed by atoms with van der Waals surface area (Å²) in [4.78, 5) is 0. The molecule has 0 radical (unpaired) electrons. The first-order valence-corrected chi connectivity index (χ1v) is 14.6. The topological polar surface area (TPSA) is 40.5 Å². The first kappa shape index (κ1) is 29.3. The SMILES string of the molecule is CCCCCCCCCCCCCCCCCCC(c1ccc(O)c(C)c1)c1cccc(C)c1O. The first-order chi connectivity index (χ1) is 17.0. The highest BCUT2D eigenvalue weighted by atomic mass is 16.3. The normalized spacial score (nSPS) is 12.2. The minimum absolute atomic E-state index is 0.167. The van der Waals surface area contributed by atoms with Gasteiger partial charge in [-0.1, -0.05) is 140 Å². The fourth-order valence-corrected chi connectivity index (χ4v) is 5.26. The Balaban J connectivity index is 1.63. The predicted molar refractivity (Wildman–Crippen MR) is 152 cm³/mol. The van der Waals surface area contributed by atoms with E-state index < -0.39 is 0 Å². The largest absolute Gasteiger partial charge is 0.508 e. The minimum Gasteiger partial charge on any atom is -0.508 e. The third-order valence-electron chi connectivity index (χ3n) is 7.61. The van der Waals surface area contributed by atoms with Gasteiger partial charge in [-0.3, -0.25) is 0 Å². The van der Waals surface area contributed by atoms with Crippen LogP contribution in [0.1, 0.15) is 144 Å². The van der Waals surface area contributed by atoms with Gasteiger partial charge in [0.15, 0.2) is 0 Å². The standard InChI is InChI=1S/C33H52O2/c1-4-5-6-7-8-9-10-11-12-13-14-15-16-17-18-19-22-30(29-24-25-32(34)28(3)26-29)31-23-20-21-27(2)33(31)35/h20-21,23-26,30,34-35H,4-19,22H2,1-3H3. The summed E-state index contributed by atoms with van der Waals surface area (Å²) in [6.07, 6.45) is 23.0. The summed E-state index contributed by atoms with van der Waals surface area (Å²) in [7, 11) is 0. The molecule has 2 rings (SSSR count). The maximum absolute atomic E-state index is 10.7. The van der Waals surface area contributed by atoms with Crippen molar-refractivity contribution in [2.75, 3.05) is 0 Å². The van der Waals surface area contributed by atoms with Crippen LogP contribution in [0.4, 0.5) is 0 Å². The molecule has 0 heterocycles. The summed E-state index contributed by atoms with van der Waals surface area (Å²) in [6, 6.07) is 11.9. The lowest BCUT2D eigenvalue weighted by atomic mass is 9.84. The Morgan fingerprint density at radius 3 is 1.63 bits per heavy atom. The molecule has 0 aromatic heterocycles. The van der Waals surface area contributed by atoms with Gasteiger partial charge in [0.1, 0.15) is 11.5 Å². The van der Waals surface area contributed by atoms with Crippen molar-refractivity contribution in [2.45, 2.75) is 136 Å². The quantitative estimate of drug-likeness (QED) is 0.196. The number of rotatable bonds is 19. The predicted octanol–water partition coefficient (Wildman–Crippen LogP) is 10.5. The lowest BCUT2D eigenvalue weighted by molar-refractivity contribution is 0.455. The minimum atomic E-state index is 0.167. The van der Waals surface area contributed by atoms with Crippen molar-refractivity contribution in [1.29, 1.82) is 0 Å². The molecule has 0 amide bonds. The van der Waals surface area contributed by atoms with Gasteiger partial charge in [-0.25, -0.2) is 0 Å². The molecule has 2 N–H and O–H groups in total. The number of benzene rings is 2. The van der Waals surface area contributed by atoms with Crippen LogP contribution in [0.2, 0.25) is 0 Å². The van der Waals surface area contributed by atoms with Crippen molar-refractivity contribution >= 4 is 0 Å². The molecule has 0 bridgehead atoms. The smallest absolute Gasteiger partial charge is 0.122 e. The van der Waals surface area contributed by atoms with E-state index in [9.17, 15) is 10.2 Å². The van der Waals surface area contributed by atoms with E-state index in [0.717, 1.165) is 29.5 Å². The Morgan fingerprint density at radius 2 is 1.11 bits per heavy atom. The van der Waals surface area contributed by atoms with Crippen molar-refractivity contribution in [1.82, 2.24) is 0 Å². The molecular weight excluding hydrogens is 428 g/mol. The molecule has 0 aliphatic rings. The lowest BCUT2D eigenvalue weighted by Gasteiger charge is -2.21. The average molecular weight is 481 g/mol. The van der Waals surface area contributed by atoms with Crippen LogP contribution in [0.3, 0.4) is 0 Å². The Bertz CT molecular complexity index is 826. The number of phenolic OH excluding ortho intramolecular Hbond substituents is 2. The molecule has 0 saturated heterocycles. The summed E-state index contributed by atoms with van der Waals surface area (Å²) in [5.41, 5.74) is 4.01. The van der Waals surface area contributed by atoms with Crippen LogP contribution >= 0.6 is 0 Å². The zero-order valence-corrected chi connectivity index (χ0v) is 23.0. The number of aromatic hydroxyl groups is 2. The van der Waals surface area contributed by atoms with Gasteiger partial charge in [-0.15, -0.1) is 0 Å². The van der Waals surface area contributed by atoms with Gasteiger partial charge in [0, 0.05) is 11.5 Å². The molecule has 1 atom stereocenters. The molecule has 2 heteroatoms. The highest BCUT2D eigenvalue weighted by Crippen LogP contribution is 2.38. The van der Waals surface area contributed by atoms with E-state index in [0.29, 0.717) is 11.5 Å². The second-order valence-electron chi connectivity index (χ2n) is 10.7. The highest BCUT2D eigenvalue weighted by Gasteiger charge is 2.19. The van der Waals surface area contributed by atoms with Crippen LogP contribution in [-0.4, -0.2) is 10.2 Å². The van der Waals surface area contributed by atoms with Crippen molar-refractivity contribution in [3.05, 3.63) is 58.7 Å². The maximum atomic E-state index is 10.7. The Kier molecular flexibility index (Phi) is 14.6. The lowest BCUT2D eigenvalue weighted by Crippen LogP contribution is -2.03. The Hall–Kier alpha value is -1.96. The van der Waals surface area contributed by atoms with Crippen LogP contribution < -0.4 is 0 Å². The monoisotopic (exact) mass is 480 g/mol. The molecule has 2 aromatic carbocycles. The first-order valence-electron chi connectivity index (χ1n) is 14.6. The molecule has 0 saturated carbocycles. The van der Waals surface area contributed by atoms with Crippen molar-refractivity contribution in [2.24, 2.45) is 0 Å². The summed E-state index contributed by atoms with van der Waals surface area (Å²) in [6.45, 7) is 6.20. The molecule has 1 unspecified atom stereocenters. The summed E-state index contributed by atoms with van der Waals surface area (Å²) in [5.74, 6) is 0.920. The molecule has 0 spiro atoms. The van der Waals surface area contributed by atoms with Gasteiger partial charge < -0.3 is 10.2 Å². The molecule has 2 nitrogen and oxygen atoms in total. The van der Waals surface area contributed by atoms with Crippen molar-refractivity contribution in [3.8, 4) is 11.5 Å². The van der Waals surface area contributed by atoms with Gasteiger partial charge in [-0.2, -0.15) is 0 Å². The van der Waals surface area contributed by atoms with E-state index in [1.807, 2.05) is 32.0 Å². The number of hydrogen-bond acceptors (Lipinski definition) is 2. The number of aryl methyl sites for hydroxylation is 2. The zero-order valence-electron chi connectivity index (χ0n) is 23.0. The number of para-hydroxylation sites is 1. The van der Waals surface area contributed by atoms with E-state index in [1.54, 1.807) is 6.07 Å². The van der Waals surface area contributed by atoms with Crippen LogP contribution in [0.5, 0.6) is 11.5 Å². The summed E-state index contributed by atoms with van der Waals surface area (Å²) >= 11 is 0. The Morgan fingerprint density at radius 1 is 0.600 bits per heavy atom. The van der Waals surface area contributed by atoms with Crippen LogP contribution in [-0.2, 0) is 0 Å². The van der Waals surface area contributed by atoms with Crippen LogP contribution in [0.15, 0.2) is 36.4 Å². The van der Waals surface area contributed by atoms with Crippen molar-refractivity contribution in [3.63, 3.8) is 0 Å². The molecule has 2 aromatic rings. The second kappa shape index (κ2) is 17.5. The summed E-state index contributed by atoms with van der Waals surface area (Å²) < 4.78 is 0. The molecule has 35 heavy (non-hydrogen) atoms. The van der Waals surface area contributed by atoms with E-state index in [4.69, 9.17) is 0 Å². The van der Waals surface area contributed by atoms with Gasteiger partial charge in [0.2, 0.25) is 0 Å². The third-order valence-corrected chi connectivity index (χ3v) is 7.61. The van der Waals surface area contributed by atoms with Gasteiger partial charge in [-0.05, 0) is 43.0 Å². The third kappa shape index (κ3) is 11.1. The Labute approximate surface area is 216 Å². The van der Waals surface area contributed by atoms with Crippen LogP contribution in [0, 0.1) is 13.8 Å². The average Bonchev–Trinajstić information content (AvgIpc) is 2.85. The van der Waals surface area contributed by atoms with E-state index >= 15 is 0 Å². The number of phenols is 2. The number of hydrogen-bond donors (Lipinski definition) is 2.